The van der Waals surface area contributed by atoms with E-state index in [9.17, 15) is 0 Å². The molecule has 0 saturated carbocycles. The lowest BCUT2D eigenvalue weighted by molar-refractivity contribution is 0.438. The molecule has 0 bridgehead atoms. The zero-order chi connectivity index (χ0) is 17.9. The van der Waals surface area contributed by atoms with Crippen LogP contribution in [0.3, 0.4) is 0 Å². The molecule has 3 heterocycles. The number of hydrogen-bond acceptors (Lipinski definition) is 5. The topological polar surface area (TPSA) is 67.7 Å². The van der Waals surface area contributed by atoms with Gasteiger partial charge in [0.05, 0.1) is 4.88 Å². The van der Waals surface area contributed by atoms with Crippen LogP contribution >= 0.6 is 11.3 Å². The number of aromatic amines is 1. The van der Waals surface area contributed by atoms with Crippen molar-refractivity contribution in [3.05, 3.63) is 47.3 Å². The SMILES string of the molecule is CC1CCN(c2ccc(Nc3cc(-c4ccc(C#N)s4)n[nH]3)cc2)CC1. The molecule has 1 fully saturated rings. The van der Waals surface area contributed by atoms with E-state index in [1.54, 1.807) is 0 Å². The van der Waals surface area contributed by atoms with Crippen molar-refractivity contribution in [3.8, 4) is 16.6 Å². The number of nitrogens with one attached hydrogen (secondary N) is 2. The van der Waals surface area contributed by atoms with Crippen LogP contribution in [-0.2, 0) is 0 Å². The van der Waals surface area contributed by atoms with Crippen molar-refractivity contribution >= 4 is 28.5 Å². The lowest BCUT2D eigenvalue weighted by Gasteiger charge is -2.32. The molecule has 0 atom stereocenters. The maximum Gasteiger partial charge on any atom is 0.126 e. The lowest BCUT2D eigenvalue weighted by atomic mass is 9.99. The van der Waals surface area contributed by atoms with Gasteiger partial charge in [-0.25, -0.2) is 0 Å². The predicted octanol–water partition coefficient (Wildman–Crippen LogP) is 4.99. The molecule has 1 saturated heterocycles. The second kappa shape index (κ2) is 7.22. The molecule has 1 aliphatic rings. The minimum Gasteiger partial charge on any atom is -0.372 e. The van der Waals surface area contributed by atoms with Gasteiger partial charge in [-0.1, -0.05) is 6.92 Å². The second-order valence-electron chi connectivity index (χ2n) is 6.78. The van der Waals surface area contributed by atoms with E-state index in [2.05, 4.69) is 57.7 Å². The number of anilines is 3. The number of benzene rings is 1. The molecule has 26 heavy (non-hydrogen) atoms. The monoisotopic (exact) mass is 363 g/mol. The van der Waals surface area contributed by atoms with Gasteiger partial charge < -0.3 is 10.2 Å². The van der Waals surface area contributed by atoms with Crippen LogP contribution in [0.1, 0.15) is 24.6 Å². The Morgan fingerprint density at radius 1 is 1.19 bits per heavy atom. The van der Waals surface area contributed by atoms with Crippen molar-refractivity contribution in [1.82, 2.24) is 10.2 Å². The number of piperidine rings is 1. The van der Waals surface area contributed by atoms with Crippen LogP contribution in [-0.4, -0.2) is 23.3 Å². The standard InChI is InChI=1S/C20H21N5S/c1-14-8-10-25(11-9-14)16-4-2-15(3-5-16)22-20-12-18(23-24-20)19-7-6-17(13-21)26-19/h2-7,12,14H,8-11H2,1H3,(H2,22,23,24). The zero-order valence-corrected chi connectivity index (χ0v) is 15.5. The molecule has 2 N–H and O–H groups in total. The molecule has 4 rings (SSSR count). The lowest BCUT2D eigenvalue weighted by Crippen LogP contribution is -2.32. The van der Waals surface area contributed by atoms with E-state index in [0.717, 1.165) is 41.1 Å². The average molecular weight is 363 g/mol. The molecule has 3 aromatic rings. The molecule has 0 radical (unpaired) electrons. The smallest absolute Gasteiger partial charge is 0.126 e. The summed E-state index contributed by atoms with van der Waals surface area (Å²) in [7, 11) is 0. The van der Waals surface area contributed by atoms with Gasteiger partial charge in [0.25, 0.3) is 0 Å². The molecule has 1 aromatic carbocycles. The first-order valence-electron chi connectivity index (χ1n) is 8.89. The Balaban J connectivity index is 1.42. The maximum atomic E-state index is 8.94. The number of nitrogens with zero attached hydrogens (tertiary/aromatic N) is 3. The van der Waals surface area contributed by atoms with Crippen molar-refractivity contribution in [2.75, 3.05) is 23.3 Å². The third-order valence-corrected chi connectivity index (χ3v) is 5.85. The van der Waals surface area contributed by atoms with Gasteiger partial charge in [0.1, 0.15) is 22.5 Å². The molecule has 0 amide bonds. The van der Waals surface area contributed by atoms with Gasteiger partial charge in [-0.2, -0.15) is 10.4 Å². The molecule has 0 unspecified atom stereocenters. The average Bonchev–Trinajstić information content (AvgIpc) is 3.32. The summed E-state index contributed by atoms with van der Waals surface area (Å²) in [4.78, 5) is 4.14. The molecule has 132 valence electrons. The quantitative estimate of drug-likeness (QED) is 0.685. The van der Waals surface area contributed by atoms with Crippen molar-refractivity contribution in [2.24, 2.45) is 5.92 Å². The van der Waals surface area contributed by atoms with Crippen LogP contribution < -0.4 is 10.2 Å². The first kappa shape index (κ1) is 16.7. The number of H-pyrrole nitrogens is 1. The molecule has 0 spiro atoms. The van der Waals surface area contributed by atoms with Crippen molar-refractivity contribution in [3.63, 3.8) is 0 Å². The fourth-order valence-electron chi connectivity index (χ4n) is 3.23. The van der Waals surface area contributed by atoms with E-state index in [1.165, 1.54) is 29.9 Å². The summed E-state index contributed by atoms with van der Waals surface area (Å²) in [5.74, 6) is 1.68. The molecule has 6 heteroatoms. The third-order valence-electron chi connectivity index (χ3n) is 4.84. The van der Waals surface area contributed by atoms with Crippen LogP contribution in [0.4, 0.5) is 17.2 Å². The Hall–Kier alpha value is -2.78. The molecular formula is C20H21N5S. The number of aromatic nitrogens is 2. The highest BCUT2D eigenvalue weighted by atomic mass is 32.1. The van der Waals surface area contributed by atoms with Gasteiger partial charge in [0.15, 0.2) is 0 Å². The maximum absolute atomic E-state index is 8.94. The number of thiophene rings is 1. The summed E-state index contributed by atoms with van der Waals surface area (Å²) in [5.41, 5.74) is 3.16. The Labute approximate surface area is 157 Å². The molecule has 0 aliphatic carbocycles. The van der Waals surface area contributed by atoms with Crippen LogP contribution in [0.25, 0.3) is 10.6 Å². The van der Waals surface area contributed by atoms with Crippen LogP contribution in [0.2, 0.25) is 0 Å². The molecular weight excluding hydrogens is 342 g/mol. The summed E-state index contributed by atoms with van der Waals surface area (Å²) < 4.78 is 0. The summed E-state index contributed by atoms with van der Waals surface area (Å²) in [6, 6.07) is 16.4. The number of rotatable bonds is 4. The largest absolute Gasteiger partial charge is 0.372 e. The van der Waals surface area contributed by atoms with Gasteiger partial charge >= 0.3 is 0 Å². The highest BCUT2D eigenvalue weighted by Gasteiger charge is 2.15. The normalized spacial score (nSPS) is 15.0. The molecule has 5 nitrogen and oxygen atoms in total. The Bertz CT molecular complexity index is 910. The van der Waals surface area contributed by atoms with Gasteiger partial charge in [-0.15, -0.1) is 11.3 Å². The second-order valence-corrected chi connectivity index (χ2v) is 7.87. The fourth-order valence-corrected chi connectivity index (χ4v) is 3.99. The van der Waals surface area contributed by atoms with Crippen molar-refractivity contribution in [2.45, 2.75) is 19.8 Å². The van der Waals surface area contributed by atoms with Gasteiger partial charge in [-0.3, -0.25) is 5.10 Å². The first-order chi connectivity index (χ1) is 12.7. The Morgan fingerprint density at radius 2 is 1.96 bits per heavy atom. The zero-order valence-electron chi connectivity index (χ0n) is 14.7. The Kier molecular flexibility index (Phi) is 4.63. The van der Waals surface area contributed by atoms with Crippen LogP contribution in [0, 0.1) is 17.2 Å². The van der Waals surface area contributed by atoms with E-state index < -0.39 is 0 Å². The number of nitriles is 1. The van der Waals surface area contributed by atoms with E-state index in [1.807, 2.05) is 18.2 Å². The summed E-state index contributed by atoms with van der Waals surface area (Å²) in [5, 5.41) is 19.6. The van der Waals surface area contributed by atoms with Gasteiger partial charge in [0, 0.05) is 30.5 Å². The molecule has 1 aliphatic heterocycles. The number of hydrogen-bond donors (Lipinski definition) is 2. The van der Waals surface area contributed by atoms with E-state index in [4.69, 9.17) is 5.26 Å². The van der Waals surface area contributed by atoms with Crippen molar-refractivity contribution < 1.29 is 0 Å². The minimum absolute atomic E-state index is 0.695. The van der Waals surface area contributed by atoms with Gasteiger partial charge in [-0.05, 0) is 55.2 Å². The highest BCUT2D eigenvalue weighted by molar-refractivity contribution is 7.15. The van der Waals surface area contributed by atoms with E-state index in [-0.39, 0.29) is 0 Å². The molecule has 2 aromatic heterocycles. The van der Waals surface area contributed by atoms with Crippen molar-refractivity contribution in [1.29, 1.82) is 5.26 Å². The van der Waals surface area contributed by atoms with E-state index >= 15 is 0 Å². The summed E-state index contributed by atoms with van der Waals surface area (Å²) >= 11 is 1.45. The first-order valence-corrected chi connectivity index (χ1v) is 9.70. The Morgan fingerprint density at radius 3 is 2.65 bits per heavy atom. The summed E-state index contributed by atoms with van der Waals surface area (Å²) in [6.45, 7) is 4.62. The van der Waals surface area contributed by atoms with Gasteiger partial charge in [0.2, 0.25) is 0 Å². The summed E-state index contributed by atoms with van der Waals surface area (Å²) in [6.07, 6.45) is 2.54. The minimum atomic E-state index is 0.695. The highest BCUT2D eigenvalue weighted by Crippen LogP contribution is 2.29. The van der Waals surface area contributed by atoms with E-state index in [0.29, 0.717) is 4.88 Å². The third kappa shape index (κ3) is 3.58. The van der Waals surface area contributed by atoms with Crippen LogP contribution in [0.15, 0.2) is 42.5 Å². The van der Waals surface area contributed by atoms with Crippen LogP contribution in [0.5, 0.6) is 0 Å². The predicted molar refractivity (Wildman–Crippen MR) is 107 cm³/mol. The fraction of sp³-hybridized carbons (Fsp3) is 0.300.